The third-order valence-corrected chi connectivity index (χ3v) is 30.5. The molecule has 29 nitrogen and oxygen atoms in total. The number of aromatic nitrogens is 4. The van der Waals surface area contributed by atoms with Gasteiger partial charge in [-0.05, 0) is 234 Å². The van der Waals surface area contributed by atoms with Gasteiger partial charge < -0.3 is 82.9 Å². The molecule has 12 aromatic rings. The predicted octanol–water partition coefficient (Wildman–Crippen LogP) is 18.1. The van der Waals surface area contributed by atoms with E-state index in [1.807, 2.05) is 180 Å². The third-order valence-electron chi connectivity index (χ3n) is 29.2. The molecule has 0 aliphatic carbocycles. The van der Waals surface area contributed by atoms with Crippen LogP contribution in [-0.2, 0) is 38.4 Å². The van der Waals surface area contributed by atoms with Crippen LogP contribution in [0, 0.1) is 37.5 Å². The topological polar surface area (TPSA) is 290 Å². The van der Waals surface area contributed by atoms with Crippen molar-refractivity contribution in [3.63, 3.8) is 0 Å². The normalized spacial score (nSPS) is 18.3. The molecule has 2 aromatic heterocycles. The van der Waals surface area contributed by atoms with E-state index in [-0.39, 0.29) is 76.7 Å². The van der Waals surface area contributed by atoms with Gasteiger partial charge in [0.05, 0.1) is 66.3 Å². The molecule has 3 N–H and O–H groups in total. The molecule has 21 rings (SSSR count). The van der Waals surface area contributed by atoms with E-state index in [1.165, 1.54) is 43.6 Å². The first-order valence-corrected chi connectivity index (χ1v) is 52.0. The molecule has 5 fully saturated rings. The van der Waals surface area contributed by atoms with Crippen molar-refractivity contribution in [2.75, 3.05) is 180 Å². The summed E-state index contributed by atoms with van der Waals surface area (Å²) in [4.78, 5) is 125. The van der Waals surface area contributed by atoms with Gasteiger partial charge in [-0.25, -0.2) is 0 Å². The van der Waals surface area contributed by atoms with Gasteiger partial charge in [-0.3, -0.25) is 48.6 Å². The van der Waals surface area contributed by atoms with Gasteiger partial charge in [-0.15, -0.1) is 0 Å². The number of nitrogens with zero attached hydrogens (tertiary/aromatic N) is 14. The molecule has 148 heavy (non-hydrogen) atoms. The fourth-order valence-electron chi connectivity index (χ4n) is 21.2. The number of rotatable bonds is 28. The third kappa shape index (κ3) is 22.3. The molecular formula is C115H124Cl4N16O13. The molecule has 10 aromatic carbocycles. The maximum Gasteiger partial charge on any atom is 0.268 e. The number of piperidine rings is 1. The molecule has 770 valence electrons. The van der Waals surface area contributed by atoms with Gasteiger partial charge in [0.15, 0.2) is 24.4 Å². The Balaban J connectivity index is 0.000000129. The number of nitrogens with one attached hydrogen (secondary N) is 2. The van der Waals surface area contributed by atoms with Crippen LogP contribution in [0.25, 0.3) is 87.9 Å². The first kappa shape index (κ1) is 104. The number of anilines is 4. The molecule has 9 aliphatic rings. The number of aromatic amines is 2. The number of carbonyl (C=O) groups excluding carboxylic acids is 8. The van der Waals surface area contributed by atoms with Gasteiger partial charge in [0.1, 0.15) is 28.7 Å². The number of amides is 8. The van der Waals surface area contributed by atoms with E-state index in [2.05, 4.69) is 75.9 Å². The number of likely N-dealkylation sites (tertiary alicyclic amines) is 5. The van der Waals surface area contributed by atoms with Crippen LogP contribution in [0.15, 0.2) is 215 Å². The van der Waals surface area contributed by atoms with Crippen molar-refractivity contribution < 1.29 is 62.4 Å². The van der Waals surface area contributed by atoms with E-state index in [9.17, 15) is 43.5 Å². The molecule has 33 heteroatoms. The van der Waals surface area contributed by atoms with Crippen molar-refractivity contribution in [3.8, 4) is 73.3 Å². The zero-order valence-corrected chi connectivity index (χ0v) is 87.7. The van der Waals surface area contributed by atoms with Crippen LogP contribution in [0.2, 0.25) is 20.1 Å². The second-order valence-electron chi connectivity index (χ2n) is 40.6. The van der Waals surface area contributed by atoms with E-state index >= 15 is 0 Å². The van der Waals surface area contributed by atoms with Gasteiger partial charge in [-0.1, -0.05) is 158 Å². The number of ether oxygens (including phenoxy) is 4. The summed E-state index contributed by atoms with van der Waals surface area (Å²) in [6.07, 6.45) is 12.5. The molecule has 8 amide bonds. The summed E-state index contributed by atoms with van der Waals surface area (Å²) in [5.74, 6) is 2.79. The standard InChI is InChI=1S/C32H34ClN3O4.C29H30ClN3O3.2C27H30ClN5O3/c1-2-31(38)35-18-21(19-35)20-36-28-17-27(33)26(25-15-23(37)14-22-8-4-5-9-24(22)25)16-30(28)40-29(32(36)39)10-13-34-11-6-3-7-12-34;1-4-28(34)32-16-19(17-32)18-33-25-15-24(30)23(22-11-7-9-20-8-5-6-10-21(20)22)14-27(25)36-26(29(33)35)12-13-31(2)3;2*1-5-25(34)32-13-17(14-32)15-33-22-11-20(28)18(26-16(2)6-7-21-19(26)12-29-30-21)10-24(22)36-23(27(33)35)8-9-31(3)4/h2,4-5,8-9,14-17,21,29,37H,1,3,6-7,10-13,18-20H2;4-11,14-15,19,26H,1,12-13,16-18H2,2-3H3;2*5-7,10-12,17,23H,1,8-9,13-15H2,2-4H3,(H,29,30)/t29-;26-;2*23-/m0000/s1. The Bertz CT molecular complexity index is 6950. The lowest BCUT2D eigenvalue weighted by Crippen LogP contribution is -2.56. The predicted molar refractivity (Wildman–Crippen MR) is 586 cm³/mol. The van der Waals surface area contributed by atoms with E-state index in [0.717, 1.165) is 138 Å². The van der Waals surface area contributed by atoms with Gasteiger partial charge in [0, 0.05) is 187 Å². The minimum Gasteiger partial charge on any atom is -0.508 e. The van der Waals surface area contributed by atoms with Gasteiger partial charge in [0.2, 0.25) is 23.6 Å². The molecule has 0 bridgehead atoms. The molecule has 4 atom stereocenters. The Hall–Kier alpha value is -13.6. The summed E-state index contributed by atoms with van der Waals surface area (Å²) in [6, 6.07) is 48.8. The van der Waals surface area contributed by atoms with Crippen LogP contribution in [0.4, 0.5) is 22.7 Å². The number of H-pyrrole nitrogens is 2. The van der Waals surface area contributed by atoms with Crippen LogP contribution < -0.4 is 38.5 Å². The van der Waals surface area contributed by atoms with E-state index < -0.39 is 24.4 Å². The largest absolute Gasteiger partial charge is 0.508 e. The average molecular weight is 2080 g/mol. The molecular weight excluding hydrogens is 1960 g/mol. The van der Waals surface area contributed by atoms with Crippen LogP contribution in [0.3, 0.4) is 0 Å². The van der Waals surface area contributed by atoms with Crippen molar-refractivity contribution >= 4 is 160 Å². The lowest BCUT2D eigenvalue weighted by molar-refractivity contribution is -0.133. The highest BCUT2D eigenvalue weighted by Crippen LogP contribution is 2.52. The Labute approximate surface area is 881 Å². The Morgan fingerprint density at radius 3 is 1.07 bits per heavy atom. The van der Waals surface area contributed by atoms with Crippen LogP contribution in [0.5, 0.6) is 28.7 Å². The van der Waals surface area contributed by atoms with Crippen LogP contribution >= 0.6 is 46.4 Å². The molecule has 0 unspecified atom stereocenters. The fourth-order valence-corrected chi connectivity index (χ4v) is 22.2. The van der Waals surface area contributed by atoms with Crippen LogP contribution in [-0.4, -0.2) is 296 Å². The van der Waals surface area contributed by atoms with Gasteiger partial charge in [-0.2, -0.15) is 10.2 Å². The second kappa shape index (κ2) is 45.2. The Morgan fingerprint density at radius 1 is 0.385 bits per heavy atom. The number of phenolic OH excluding ortho intramolecular Hbond substituents is 1. The zero-order chi connectivity index (χ0) is 104. The van der Waals surface area contributed by atoms with Crippen LogP contribution in [0.1, 0.15) is 56.1 Å². The number of aryl methyl sites for hydroxylation is 2. The van der Waals surface area contributed by atoms with Crippen molar-refractivity contribution in [1.29, 1.82) is 0 Å². The summed E-state index contributed by atoms with van der Waals surface area (Å²) in [7, 11) is 11.9. The highest BCUT2D eigenvalue weighted by Gasteiger charge is 2.46. The number of phenols is 1. The summed E-state index contributed by atoms with van der Waals surface area (Å²) in [5.41, 5.74) is 13.8. The number of carbonyl (C=O) groups is 8. The number of halogens is 4. The van der Waals surface area contributed by atoms with E-state index in [4.69, 9.17) is 65.4 Å². The summed E-state index contributed by atoms with van der Waals surface area (Å²) >= 11 is 27.5. The van der Waals surface area contributed by atoms with Crippen molar-refractivity contribution in [2.24, 2.45) is 23.7 Å². The monoisotopic (exact) mass is 2080 g/mol. The molecule has 9 aliphatic heterocycles. The summed E-state index contributed by atoms with van der Waals surface area (Å²) in [5, 5.41) is 33.1. The molecule has 0 spiro atoms. The molecule has 0 radical (unpaired) electrons. The smallest absolute Gasteiger partial charge is 0.268 e. The number of aromatic hydroxyl groups is 1. The Morgan fingerprint density at radius 2 is 0.709 bits per heavy atom. The number of fused-ring (bicyclic) bond motifs is 8. The van der Waals surface area contributed by atoms with E-state index in [1.54, 1.807) is 69.8 Å². The van der Waals surface area contributed by atoms with Crippen molar-refractivity contribution in [1.82, 2.24) is 59.6 Å². The van der Waals surface area contributed by atoms with Crippen molar-refractivity contribution in [3.05, 3.63) is 246 Å². The highest BCUT2D eigenvalue weighted by molar-refractivity contribution is 6.36. The second-order valence-corrected chi connectivity index (χ2v) is 42.2. The number of hydrogen-bond acceptors (Lipinski definition) is 19. The SMILES string of the molecule is C=CC(=O)N1CC(CN2C(=O)[C@H](CCN(C)C)Oc3cc(-c4c(C)ccc5[nH]ncc45)c(Cl)cc32)C1.C=CC(=O)N1CC(CN2C(=O)[C@H](CCN(C)C)Oc3cc(-c4c(C)ccc5[nH]ncc45)c(Cl)cc32)C1.C=CC(=O)N1CC(CN2C(=O)[C@H](CCN(C)C)Oc3cc(-c4cccc5ccccc45)c(Cl)cc32)C1.C=CC(=O)N1CC(CN2C(=O)[C@H](CCN3CCCCC3)Oc3cc(-c4cc(O)cc5ccccc45)c(Cl)cc32)C1. The first-order chi connectivity index (χ1) is 71.3. The molecule has 5 saturated heterocycles. The maximum absolute atomic E-state index is 13.8. The number of hydrogen-bond donors (Lipinski definition) is 3. The number of benzene rings is 10. The summed E-state index contributed by atoms with van der Waals surface area (Å²) in [6.45, 7) is 30.2. The first-order valence-electron chi connectivity index (χ1n) is 50.4. The fraction of sp³-hybridized carbons (Fsp3) is 0.357. The molecule has 0 saturated carbocycles. The lowest BCUT2D eigenvalue weighted by atomic mass is 9.94. The Kier molecular flexibility index (Phi) is 31.9. The minimum atomic E-state index is -0.602. The van der Waals surface area contributed by atoms with E-state index in [0.29, 0.717) is 170 Å². The average Bonchev–Trinajstić information content (AvgIpc) is 1.18. The zero-order valence-electron chi connectivity index (χ0n) is 84.6. The maximum atomic E-state index is 13.8. The molecule has 11 heterocycles. The highest BCUT2D eigenvalue weighted by atomic mass is 35.5. The minimum absolute atomic E-state index is 0.0631. The quantitative estimate of drug-likeness (QED) is 0.0384. The lowest BCUT2D eigenvalue weighted by Gasteiger charge is -2.43. The van der Waals surface area contributed by atoms with Gasteiger partial charge >= 0.3 is 0 Å². The summed E-state index contributed by atoms with van der Waals surface area (Å²) < 4.78 is 25.3. The van der Waals surface area contributed by atoms with Gasteiger partial charge in [0.25, 0.3) is 23.6 Å². The van der Waals surface area contributed by atoms with Crippen molar-refractivity contribution in [2.45, 2.75) is 83.2 Å².